The van der Waals surface area contributed by atoms with Gasteiger partial charge in [0.05, 0.1) is 10.2 Å². The van der Waals surface area contributed by atoms with E-state index in [0.717, 1.165) is 29.1 Å². The first-order valence-corrected chi connectivity index (χ1v) is 6.32. The summed E-state index contributed by atoms with van der Waals surface area (Å²) >= 11 is 3.42. The number of ether oxygens (including phenoxy) is 1. The van der Waals surface area contributed by atoms with Crippen LogP contribution in [0, 0.1) is 0 Å². The Bertz CT molecular complexity index is 276. The second-order valence-corrected chi connectivity index (χ2v) is 3.25. The Balaban J connectivity index is 0.000000442. The van der Waals surface area contributed by atoms with E-state index < -0.39 is 0 Å². The van der Waals surface area contributed by atoms with Gasteiger partial charge in [-0.05, 0) is 28.1 Å². The lowest BCUT2D eigenvalue weighted by Gasteiger charge is -2.19. The molecule has 15 heavy (non-hydrogen) atoms. The van der Waals surface area contributed by atoms with E-state index in [1.165, 1.54) is 0 Å². The molecule has 0 bridgehead atoms. The third-order valence-electron chi connectivity index (χ3n) is 1.63. The van der Waals surface area contributed by atoms with Crippen LogP contribution in [0.4, 0.5) is 5.69 Å². The standard InChI is InChI=1S/C8H8BrNO.2C2H6/c9-6-2-1-3-7-8(6)11-5-4-10-7;2*1-2/h1-3,10H,4-5H2;2*1-2H3. The third-order valence-corrected chi connectivity index (χ3v) is 2.26. The topological polar surface area (TPSA) is 21.3 Å². The maximum atomic E-state index is 5.44. The first-order chi connectivity index (χ1) is 7.38. The maximum Gasteiger partial charge on any atom is 0.156 e. The predicted molar refractivity (Wildman–Crippen MR) is 70.8 cm³/mol. The van der Waals surface area contributed by atoms with Crippen molar-refractivity contribution in [2.24, 2.45) is 0 Å². The Morgan fingerprint density at radius 2 is 1.87 bits per heavy atom. The average Bonchev–Trinajstić information content (AvgIpc) is 2.35. The average molecular weight is 274 g/mol. The minimum Gasteiger partial charge on any atom is -0.488 e. The Kier molecular flexibility index (Phi) is 8.19. The van der Waals surface area contributed by atoms with Crippen LogP contribution in [-0.2, 0) is 0 Å². The Labute approximate surface area is 101 Å². The number of anilines is 1. The van der Waals surface area contributed by atoms with Gasteiger partial charge in [0, 0.05) is 6.54 Å². The van der Waals surface area contributed by atoms with Gasteiger partial charge in [-0.3, -0.25) is 0 Å². The predicted octanol–water partition coefficient (Wildman–Crippen LogP) is 4.31. The minimum atomic E-state index is 0.746. The minimum absolute atomic E-state index is 0.746. The van der Waals surface area contributed by atoms with Crippen molar-refractivity contribution < 1.29 is 4.74 Å². The third kappa shape index (κ3) is 4.12. The molecule has 0 aliphatic carbocycles. The molecule has 1 N–H and O–H groups in total. The van der Waals surface area contributed by atoms with Crippen molar-refractivity contribution in [1.29, 1.82) is 0 Å². The van der Waals surface area contributed by atoms with Gasteiger partial charge in [-0.2, -0.15) is 0 Å². The zero-order valence-electron chi connectivity index (χ0n) is 9.93. The molecule has 0 amide bonds. The highest BCUT2D eigenvalue weighted by Gasteiger charge is 2.10. The van der Waals surface area contributed by atoms with Crippen molar-refractivity contribution in [3.05, 3.63) is 22.7 Å². The van der Waals surface area contributed by atoms with Crippen molar-refractivity contribution >= 4 is 21.6 Å². The van der Waals surface area contributed by atoms with Crippen LogP contribution in [0.3, 0.4) is 0 Å². The van der Waals surface area contributed by atoms with Gasteiger partial charge in [0.25, 0.3) is 0 Å². The normalized spacial score (nSPS) is 11.5. The quantitative estimate of drug-likeness (QED) is 0.761. The van der Waals surface area contributed by atoms with Gasteiger partial charge >= 0.3 is 0 Å². The van der Waals surface area contributed by atoms with E-state index in [-0.39, 0.29) is 0 Å². The molecule has 0 unspecified atom stereocenters. The summed E-state index contributed by atoms with van der Waals surface area (Å²) < 4.78 is 6.46. The molecule has 1 heterocycles. The number of benzene rings is 1. The van der Waals surface area contributed by atoms with Gasteiger partial charge in [0.15, 0.2) is 5.75 Å². The summed E-state index contributed by atoms with van der Waals surface area (Å²) in [6.45, 7) is 9.64. The van der Waals surface area contributed by atoms with Crippen LogP contribution in [0.5, 0.6) is 5.75 Å². The SMILES string of the molecule is Brc1cccc2c1OCCN2.CC.CC. The lowest BCUT2D eigenvalue weighted by atomic mass is 10.2. The Morgan fingerprint density at radius 3 is 2.47 bits per heavy atom. The number of para-hydroxylation sites is 1. The van der Waals surface area contributed by atoms with Crippen LogP contribution in [0.1, 0.15) is 27.7 Å². The molecule has 86 valence electrons. The molecule has 0 fully saturated rings. The van der Waals surface area contributed by atoms with Gasteiger partial charge in [0.1, 0.15) is 6.61 Å². The number of halogens is 1. The van der Waals surface area contributed by atoms with Crippen LogP contribution >= 0.6 is 15.9 Å². The van der Waals surface area contributed by atoms with Crippen molar-refractivity contribution in [2.45, 2.75) is 27.7 Å². The largest absolute Gasteiger partial charge is 0.488 e. The second kappa shape index (κ2) is 8.60. The highest BCUT2D eigenvalue weighted by Crippen LogP contribution is 2.34. The molecule has 2 rings (SSSR count). The Hall–Kier alpha value is -0.700. The number of hydrogen-bond acceptors (Lipinski definition) is 2. The molecule has 0 atom stereocenters. The molecule has 2 nitrogen and oxygen atoms in total. The highest BCUT2D eigenvalue weighted by atomic mass is 79.9. The zero-order valence-corrected chi connectivity index (χ0v) is 11.5. The maximum absolute atomic E-state index is 5.44. The number of rotatable bonds is 0. The molecule has 1 aliphatic heterocycles. The van der Waals surface area contributed by atoms with Crippen molar-refractivity contribution in [1.82, 2.24) is 0 Å². The smallest absolute Gasteiger partial charge is 0.156 e. The van der Waals surface area contributed by atoms with E-state index in [1.807, 2.05) is 45.9 Å². The molecule has 0 radical (unpaired) electrons. The first-order valence-electron chi connectivity index (χ1n) is 5.53. The summed E-state index contributed by atoms with van der Waals surface area (Å²) in [5.74, 6) is 0.929. The van der Waals surface area contributed by atoms with Crippen LogP contribution in [0.25, 0.3) is 0 Å². The number of hydrogen-bond donors (Lipinski definition) is 1. The summed E-state index contributed by atoms with van der Waals surface area (Å²) in [7, 11) is 0. The van der Waals surface area contributed by atoms with Crippen LogP contribution in [-0.4, -0.2) is 13.2 Å². The number of fused-ring (bicyclic) bond motifs is 1. The van der Waals surface area contributed by atoms with Gasteiger partial charge in [-0.15, -0.1) is 0 Å². The monoisotopic (exact) mass is 273 g/mol. The molecular weight excluding hydrogens is 254 g/mol. The summed E-state index contributed by atoms with van der Waals surface area (Å²) in [6.07, 6.45) is 0. The molecule has 0 saturated heterocycles. The van der Waals surface area contributed by atoms with Gasteiger partial charge < -0.3 is 10.1 Å². The van der Waals surface area contributed by atoms with E-state index >= 15 is 0 Å². The second-order valence-electron chi connectivity index (χ2n) is 2.39. The van der Waals surface area contributed by atoms with Gasteiger partial charge in [-0.25, -0.2) is 0 Å². The van der Waals surface area contributed by atoms with Crippen molar-refractivity contribution in [3.63, 3.8) is 0 Å². The fourth-order valence-corrected chi connectivity index (χ4v) is 1.61. The molecule has 1 aliphatic rings. The molecule has 1 aromatic rings. The van der Waals surface area contributed by atoms with E-state index in [2.05, 4.69) is 21.2 Å². The lowest BCUT2D eigenvalue weighted by Crippen LogP contribution is -2.18. The van der Waals surface area contributed by atoms with Crippen molar-refractivity contribution in [3.8, 4) is 5.75 Å². The molecule has 0 spiro atoms. The molecule has 0 aromatic heterocycles. The van der Waals surface area contributed by atoms with E-state index in [9.17, 15) is 0 Å². The van der Waals surface area contributed by atoms with Crippen molar-refractivity contribution in [2.75, 3.05) is 18.5 Å². The molecule has 0 saturated carbocycles. The molecule has 1 aromatic carbocycles. The fourth-order valence-electron chi connectivity index (χ4n) is 1.13. The highest BCUT2D eigenvalue weighted by molar-refractivity contribution is 9.10. The van der Waals surface area contributed by atoms with E-state index in [4.69, 9.17) is 4.74 Å². The van der Waals surface area contributed by atoms with E-state index in [0.29, 0.717) is 0 Å². The van der Waals surface area contributed by atoms with Crippen LogP contribution in [0.2, 0.25) is 0 Å². The fraction of sp³-hybridized carbons (Fsp3) is 0.500. The molecule has 3 heteroatoms. The summed E-state index contributed by atoms with van der Waals surface area (Å²) in [4.78, 5) is 0. The van der Waals surface area contributed by atoms with Gasteiger partial charge in [0.2, 0.25) is 0 Å². The summed E-state index contributed by atoms with van der Waals surface area (Å²) in [5, 5.41) is 3.25. The summed E-state index contributed by atoms with van der Waals surface area (Å²) in [5.41, 5.74) is 1.07. The van der Waals surface area contributed by atoms with Gasteiger partial charge in [-0.1, -0.05) is 33.8 Å². The van der Waals surface area contributed by atoms with E-state index in [1.54, 1.807) is 0 Å². The lowest BCUT2D eigenvalue weighted by molar-refractivity contribution is 0.321. The first kappa shape index (κ1) is 14.3. The Morgan fingerprint density at radius 1 is 1.20 bits per heavy atom. The summed E-state index contributed by atoms with van der Waals surface area (Å²) in [6, 6.07) is 5.98. The van der Waals surface area contributed by atoms with Crippen LogP contribution < -0.4 is 10.1 Å². The van der Waals surface area contributed by atoms with Crippen LogP contribution in [0.15, 0.2) is 22.7 Å². The molecular formula is C12H20BrNO. The number of nitrogens with one attached hydrogen (secondary N) is 1. The zero-order chi connectivity index (χ0) is 11.7.